The Kier molecular flexibility index (Phi) is 15.9. The summed E-state index contributed by atoms with van der Waals surface area (Å²) in [5.41, 5.74) is 6.57. The number of hydrogen-bond acceptors (Lipinski definition) is 6. The van der Waals surface area contributed by atoms with Gasteiger partial charge in [-0.1, -0.05) is 69.4 Å². The molecule has 1 atom stereocenters. The highest BCUT2D eigenvalue weighted by Crippen LogP contribution is 2.37. The lowest BCUT2D eigenvalue weighted by atomic mass is 9.90. The van der Waals surface area contributed by atoms with E-state index in [1.54, 1.807) is 6.92 Å². The van der Waals surface area contributed by atoms with Crippen molar-refractivity contribution < 1.29 is 50.0 Å². The smallest absolute Gasteiger partial charge is 0.419 e. The number of alkyl halides is 6. The molecule has 45 heavy (non-hydrogen) atoms. The molecule has 0 radical (unpaired) electrons. The zero-order chi connectivity index (χ0) is 33.6. The highest BCUT2D eigenvalue weighted by atomic mass is 31.2. The minimum Gasteiger partial charge on any atom is -0.790 e. The number of hydrogen-bond donors (Lipinski definition) is 1. The SMILES string of the molecule is CC[C@](N)(CCc1ccc(OCCCc2ccc(CCCCCCCCCC(F)(F)F)cc2)c(C(F)(F)F)c1)COP(=O)([O-])[O-]. The van der Waals surface area contributed by atoms with Crippen molar-refractivity contribution in [2.45, 2.75) is 115 Å². The number of ether oxygens (including phenoxy) is 1. The monoisotopic (exact) mass is 667 g/mol. The number of phosphoric ester groups is 1. The molecule has 0 aliphatic carbocycles. The first kappa shape index (κ1) is 39.1. The Morgan fingerprint density at radius 1 is 0.733 bits per heavy atom. The minimum absolute atomic E-state index is 0.0872. The van der Waals surface area contributed by atoms with Crippen LogP contribution in [-0.2, 0) is 34.5 Å². The Bertz CT molecular complexity index is 1190. The van der Waals surface area contributed by atoms with E-state index in [0.29, 0.717) is 24.8 Å². The number of phosphoric acid groups is 1. The van der Waals surface area contributed by atoms with Crippen LogP contribution in [0, 0.1) is 0 Å². The van der Waals surface area contributed by atoms with Gasteiger partial charge in [0.05, 0.1) is 26.6 Å². The molecule has 0 aliphatic rings. The third-order valence-corrected chi connectivity index (χ3v) is 8.24. The molecule has 13 heteroatoms. The molecule has 0 aromatic heterocycles. The van der Waals surface area contributed by atoms with Crippen LogP contribution in [0.2, 0.25) is 0 Å². The summed E-state index contributed by atoms with van der Waals surface area (Å²) in [5, 5.41) is 0. The van der Waals surface area contributed by atoms with Gasteiger partial charge in [-0.05, 0) is 80.2 Å². The summed E-state index contributed by atoms with van der Waals surface area (Å²) in [6.07, 6.45) is -1.29. The van der Waals surface area contributed by atoms with E-state index in [2.05, 4.69) is 4.52 Å². The third-order valence-electron chi connectivity index (χ3n) is 7.79. The minimum atomic E-state index is -5.22. The maximum Gasteiger partial charge on any atom is 0.419 e. The molecule has 0 aliphatic heterocycles. The second kappa shape index (κ2) is 18.3. The van der Waals surface area contributed by atoms with Crippen LogP contribution in [0.5, 0.6) is 5.75 Å². The van der Waals surface area contributed by atoms with E-state index in [0.717, 1.165) is 50.2 Å². The van der Waals surface area contributed by atoms with Gasteiger partial charge in [0.25, 0.3) is 0 Å². The predicted octanol–water partition coefficient (Wildman–Crippen LogP) is 7.83. The fourth-order valence-corrected chi connectivity index (χ4v) is 5.32. The molecule has 6 nitrogen and oxygen atoms in total. The molecule has 0 amide bonds. The molecule has 2 aromatic rings. The van der Waals surface area contributed by atoms with Gasteiger partial charge >= 0.3 is 12.4 Å². The topological polar surface area (TPSA) is 108 Å². The van der Waals surface area contributed by atoms with Crippen LogP contribution in [0.3, 0.4) is 0 Å². The van der Waals surface area contributed by atoms with Gasteiger partial charge in [0.15, 0.2) is 0 Å². The first-order valence-corrected chi connectivity index (χ1v) is 16.9. The van der Waals surface area contributed by atoms with Crippen molar-refractivity contribution in [3.05, 3.63) is 64.7 Å². The molecule has 0 unspecified atom stereocenters. The van der Waals surface area contributed by atoms with E-state index < -0.39 is 44.3 Å². The molecule has 0 bridgehead atoms. The molecule has 256 valence electrons. The second-order valence-corrected chi connectivity index (χ2v) is 12.8. The van der Waals surface area contributed by atoms with Crippen molar-refractivity contribution in [2.75, 3.05) is 13.2 Å². The Morgan fingerprint density at radius 3 is 1.80 bits per heavy atom. The number of halogens is 6. The van der Waals surface area contributed by atoms with Gasteiger partial charge in [-0.3, -0.25) is 0 Å². The molecular formula is C32H44F6NO5P-2. The van der Waals surface area contributed by atoms with Crippen molar-refractivity contribution in [3.8, 4) is 5.75 Å². The second-order valence-electron chi connectivity index (χ2n) is 11.6. The van der Waals surface area contributed by atoms with Gasteiger partial charge in [0.1, 0.15) is 5.75 Å². The van der Waals surface area contributed by atoms with E-state index >= 15 is 0 Å². The Labute approximate surface area is 261 Å². The summed E-state index contributed by atoms with van der Waals surface area (Å²) in [4.78, 5) is 21.6. The quantitative estimate of drug-likeness (QED) is 0.0826. The van der Waals surface area contributed by atoms with Gasteiger partial charge < -0.3 is 29.3 Å². The zero-order valence-corrected chi connectivity index (χ0v) is 26.6. The summed E-state index contributed by atoms with van der Waals surface area (Å²) < 4.78 is 98.5. The Balaban J connectivity index is 1.75. The lowest BCUT2D eigenvalue weighted by Gasteiger charge is -2.35. The average molecular weight is 668 g/mol. The molecule has 2 N–H and O–H groups in total. The fraction of sp³-hybridized carbons (Fsp3) is 0.625. The largest absolute Gasteiger partial charge is 0.790 e. The van der Waals surface area contributed by atoms with Crippen molar-refractivity contribution in [1.29, 1.82) is 0 Å². The van der Waals surface area contributed by atoms with Gasteiger partial charge in [0, 0.05) is 12.0 Å². The number of unbranched alkanes of at least 4 members (excludes halogenated alkanes) is 6. The number of benzene rings is 2. The van der Waals surface area contributed by atoms with E-state index in [1.165, 1.54) is 17.7 Å². The summed E-state index contributed by atoms with van der Waals surface area (Å²) in [7, 11) is -5.22. The third kappa shape index (κ3) is 16.9. The molecule has 0 saturated carbocycles. The zero-order valence-electron chi connectivity index (χ0n) is 25.7. The first-order chi connectivity index (χ1) is 21.0. The highest BCUT2D eigenvalue weighted by Gasteiger charge is 2.35. The molecule has 0 heterocycles. The van der Waals surface area contributed by atoms with Gasteiger partial charge in [0.2, 0.25) is 0 Å². The lowest BCUT2D eigenvalue weighted by molar-refractivity contribution is -0.342. The van der Waals surface area contributed by atoms with Gasteiger partial charge in [-0.15, -0.1) is 0 Å². The van der Waals surface area contributed by atoms with E-state index in [9.17, 15) is 40.7 Å². The summed E-state index contributed by atoms with van der Waals surface area (Å²) in [6.45, 7) is 1.20. The maximum atomic E-state index is 13.8. The van der Waals surface area contributed by atoms with Crippen molar-refractivity contribution in [1.82, 2.24) is 0 Å². The van der Waals surface area contributed by atoms with Crippen molar-refractivity contribution in [3.63, 3.8) is 0 Å². The summed E-state index contributed by atoms with van der Waals surface area (Å²) in [5.74, 6) is -0.278. The van der Waals surface area contributed by atoms with E-state index in [4.69, 9.17) is 10.5 Å². The molecular weight excluding hydrogens is 623 g/mol. The Morgan fingerprint density at radius 2 is 1.27 bits per heavy atom. The Hall–Kier alpha value is -2.11. The van der Waals surface area contributed by atoms with Crippen molar-refractivity contribution >= 4 is 7.82 Å². The highest BCUT2D eigenvalue weighted by molar-refractivity contribution is 7.43. The average Bonchev–Trinajstić information content (AvgIpc) is 2.96. The van der Waals surface area contributed by atoms with E-state index in [-0.39, 0.29) is 38.0 Å². The van der Waals surface area contributed by atoms with Gasteiger partial charge in [-0.25, -0.2) is 0 Å². The molecule has 0 spiro atoms. The summed E-state index contributed by atoms with van der Waals surface area (Å²) in [6, 6.07) is 11.8. The lowest BCUT2D eigenvalue weighted by Crippen LogP contribution is -2.45. The van der Waals surface area contributed by atoms with Crippen molar-refractivity contribution in [2.24, 2.45) is 5.73 Å². The van der Waals surface area contributed by atoms with Crippen LogP contribution < -0.4 is 20.3 Å². The fourth-order valence-electron chi connectivity index (χ4n) is 4.90. The van der Waals surface area contributed by atoms with Crippen LogP contribution in [0.25, 0.3) is 0 Å². The predicted molar refractivity (Wildman–Crippen MR) is 157 cm³/mol. The molecule has 0 saturated heterocycles. The number of rotatable bonds is 21. The van der Waals surface area contributed by atoms with Gasteiger partial charge in [-0.2, -0.15) is 26.3 Å². The molecule has 2 rings (SSSR count). The normalized spacial score (nSPS) is 14.0. The van der Waals surface area contributed by atoms with E-state index in [1.807, 2.05) is 24.3 Å². The summed E-state index contributed by atoms with van der Waals surface area (Å²) >= 11 is 0. The first-order valence-electron chi connectivity index (χ1n) is 15.4. The number of aryl methyl sites for hydroxylation is 3. The van der Waals surface area contributed by atoms with Crippen LogP contribution in [0.1, 0.15) is 99.8 Å². The van der Waals surface area contributed by atoms with Crippen LogP contribution in [0.15, 0.2) is 42.5 Å². The molecule has 0 fully saturated rings. The molecule has 2 aromatic carbocycles. The maximum absolute atomic E-state index is 13.8. The number of nitrogens with two attached hydrogens (primary N) is 1. The van der Waals surface area contributed by atoms with Crippen LogP contribution in [-0.4, -0.2) is 24.9 Å². The van der Waals surface area contributed by atoms with Crippen LogP contribution >= 0.6 is 7.82 Å². The van der Waals surface area contributed by atoms with Crippen LogP contribution in [0.4, 0.5) is 26.3 Å². The standard InChI is InChI=1S/C32H46F6NO5P/c1-2-30(39,24-44-45(40,41)42)21-19-27-17-18-29(28(23-27)32(36,37)38)43-22-10-12-26-15-13-25(14-16-26)11-8-6-4-3-5-7-9-20-31(33,34)35/h13-18,23H,2-12,19-22,24,39H2,1H3,(H2,40,41,42)/p-2/t30-/m0/s1.